The summed E-state index contributed by atoms with van der Waals surface area (Å²) in [5, 5.41) is 0.0379. The van der Waals surface area contributed by atoms with E-state index in [1.54, 1.807) is 24.3 Å². The fourth-order valence-corrected chi connectivity index (χ4v) is 2.93. The van der Waals surface area contributed by atoms with Crippen molar-refractivity contribution in [1.29, 1.82) is 0 Å². The number of benzene rings is 2. The monoisotopic (exact) mass is 396 g/mol. The molecule has 0 bridgehead atoms. The number of halogens is 1. The number of hydrogen-bond acceptors (Lipinski definition) is 6. The van der Waals surface area contributed by atoms with Gasteiger partial charge in [-0.05, 0) is 49.4 Å². The minimum absolute atomic E-state index is 0.0379. The molecule has 0 N–H and O–H groups in total. The number of Topliss-reactive ketones (excluding diaryl/α,β-unsaturated/α-hetero) is 1. The van der Waals surface area contributed by atoms with Gasteiger partial charge in [-0.2, -0.15) is 0 Å². The number of sulfone groups is 1. The highest BCUT2D eigenvalue weighted by Crippen LogP contribution is 2.21. The SMILES string of the molecule is CCOc1ccc(C(=O)COC(=O)c2cc(S(C)(=O)=O)ccc2Cl)cc1. The summed E-state index contributed by atoms with van der Waals surface area (Å²) in [6.07, 6.45) is 1.01. The quantitative estimate of drug-likeness (QED) is 0.527. The van der Waals surface area contributed by atoms with E-state index >= 15 is 0 Å². The Labute approximate surface area is 156 Å². The van der Waals surface area contributed by atoms with Crippen LogP contribution in [0.3, 0.4) is 0 Å². The van der Waals surface area contributed by atoms with Crippen LogP contribution in [0.15, 0.2) is 47.4 Å². The molecule has 138 valence electrons. The molecule has 0 amide bonds. The highest BCUT2D eigenvalue weighted by atomic mass is 35.5. The maximum atomic E-state index is 12.1. The highest BCUT2D eigenvalue weighted by molar-refractivity contribution is 7.90. The number of carbonyl (C=O) groups is 2. The second-order valence-corrected chi connectivity index (χ2v) is 7.79. The molecule has 2 aromatic carbocycles. The van der Waals surface area contributed by atoms with Gasteiger partial charge in [-0.3, -0.25) is 4.79 Å². The second-order valence-electron chi connectivity index (χ2n) is 5.37. The Morgan fingerprint density at radius 1 is 1.08 bits per heavy atom. The molecule has 0 atom stereocenters. The van der Waals surface area contributed by atoms with Gasteiger partial charge >= 0.3 is 5.97 Å². The van der Waals surface area contributed by atoms with Crippen molar-refractivity contribution in [1.82, 2.24) is 0 Å². The summed E-state index contributed by atoms with van der Waals surface area (Å²) in [4.78, 5) is 24.2. The van der Waals surface area contributed by atoms with Crippen LogP contribution < -0.4 is 4.74 Å². The predicted molar refractivity (Wildman–Crippen MR) is 96.8 cm³/mol. The van der Waals surface area contributed by atoms with Gasteiger partial charge < -0.3 is 9.47 Å². The van der Waals surface area contributed by atoms with Gasteiger partial charge in [0.2, 0.25) is 0 Å². The van der Waals surface area contributed by atoms with Gasteiger partial charge in [0, 0.05) is 11.8 Å². The first-order valence-corrected chi connectivity index (χ1v) is 9.92. The van der Waals surface area contributed by atoms with E-state index in [9.17, 15) is 18.0 Å². The molecule has 2 aromatic rings. The Morgan fingerprint density at radius 2 is 1.73 bits per heavy atom. The summed E-state index contributed by atoms with van der Waals surface area (Å²) in [6.45, 7) is 1.87. The third-order valence-corrected chi connectivity index (χ3v) is 4.85. The first-order valence-electron chi connectivity index (χ1n) is 7.65. The lowest BCUT2D eigenvalue weighted by Crippen LogP contribution is -2.15. The molecule has 8 heteroatoms. The Morgan fingerprint density at radius 3 is 2.31 bits per heavy atom. The van der Waals surface area contributed by atoms with E-state index in [2.05, 4.69) is 0 Å². The lowest BCUT2D eigenvalue weighted by molar-refractivity contribution is 0.0474. The lowest BCUT2D eigenvalue weighted by atomic mass is 10.1. The van der Waals surface area contributed by atoms with Crippen molar-refractivity contribution < 1.29 is 27.5 Å². The summed E-state index contributed by atoms with van der Waals surface area (Å²) >= 11 is 5.93. The molecular formula is C18H17ClO6S. The minimum atomic E-state index is -3.50. The van der Waals surface area contributed by atoms with Crippen LogP contribution in [0, 0.1) is 0 Å². The van der Waals surface area contributed by atoms with E-state index in [-0.39, 0.29) is 15.5 Å². The molecule has 0 spiro atoms. The van der Waals surface area contributed by atoms with Crippen LogP contribution in [-0.4, -0.2) is 39.6 Å². The molecule has 6 nitrogen and oxygen atoms in total. The molecule has 0 unspecified atom stereocenters. The van der Waals surface area contributed by atoms with E-state index in [1.807, 2.05) is 6.92 Å². The van der Waals surface area contributed by atoms with E-state index < -0.39 is 28.2 Å². The maximum Gasteiger partial charge on any atom is 0.340 e. The van der Waals surface area contributed by atoms with Crippen LogP contribution in [0.4, 0.5) is 0 Å². The number of rotatable bonds is 7. The molecule has 0 saturated heterocycles. The van der Waals surface area contributed by atoms with Crippen molar-refractivity contribution in [3.05, 3.63) is 58.6 Å². The summed E-state index contributed by atoms with van der Waals surface area (Å²) in [6, 6.07) is 10.1. The van der Waals surface area contributed by atoms with E-state index in [0.29, 0.717) is 17.9 Å². The zero-order valence-corrected chi connectivity index (χ0v) is 15.8. The first-order chi connectivity index (χ1) is 12.2. The fourth-order valence-electron chi connectivity index (χ4n) is 2.09. The van der Waals surface area contributed by atoms with Gasteiger partial charge in [0.25, 0.3) is 0 Å². The van der Waals surface area contributed by atoms with Crippen molar-refractivity contribution in [2.45, 2.75) is 11.8 Å². The summed E-state index contributed by atoms with van der Waals surface area (Å²) in [5.74, 6) is -0.651. The average Bonchev–Trinajstić information content (AvgIpc) is 2.59. The van der Waals surface area contributed by atoms with Crippen LogP contribution in [0.1, 0.15) is 27.6 Å². The highest BCUT2D eigenvalue weighted by Gasteiger charge is 2.18. The molecule has 0 saturated carbocycles. The van der Waals surface area contributed by atoms with Crippen molar-refractivity contribution in [2.75, 3.05) is 19.5 Å². The van der Waals surface area contributed by atoms with Crippen LogP contribution in [0.5, 0.6) is 5.75 Å². The van der Waals surface area contributed by atoms with Crippen molar-refractivity contribution in [3.63, 3.8) is 0 Å². The normalized spacial score (nSPS) is 11.0. The summed E-state index contributed by atoms with van der Waals surface area (Å²) < 4.78 is 33.4. The zero-order valence-electron chi connectivity index (χ0n) is 14.2. The van der Waals surface area contributed by atoms with Gasteiger partial charge in [-0.1, -0.05) is 11.6 Å². The topological polar surface area (TPSA) is 86.7 Å². The molecule has 0 radical (unpaired) electrons. The Hall–Kier alpha value is -2.38. The molecule has 0 aliphatic rings. The fraction of sp³-hybridized carbons (Fsp3) is 0.222. The minimum Gasteiger partial charge on any atom is -0.494 e. The smallest absolute Gasteiger partial charge is 0.340 e. The number of ether oxygens (including phenoxy) is 2. The third kappa shape index (κ3) is 5.06. The largest absolute Gasteiger partial charge is 0.494 e. The number of carbonyl (C=O) groups excluding carboxylic acids is 2. The van der Waals surface area contributed by atoms with Crippen LogP contribution in [-0.2, 0) is 14.6 Å². The Bertz CT molecular complexity index is 919. The number of hydrogen-bond donors (Lipinski definition) is 0. The van der Waals surface area contributed by atoms with Gasteiger partial charge in [-0.25, -0.2) is 13.2 Å². The van der Waals surface area contributed by atoms with Gasteiger partial charge in [0.15, 0.2) is 22.2 Å². The summed E-state index contributed by atoms with van der Waals surface area (Å²) in [7, 11) is -3.50. The van der Waals surface area contributed by atoms with Crippen LogP contribution in [0.25, 0.3) is 0 Å². The molecule has 26 heavy (non-hydrogen) atoms. The first kappa shape index (κ1) is 19.9. The standard InChI is InChI=1S/C18H17ClO6S/c1-3-24-13-6-4-12(5-7-13)17(20)11-25-18(21)15-10-14(26(2,22)23)8-9-16(15)19/h4-10H,3,11H2,1-2H3. The number of ketones is 1. The Balaban J connectivity index is 2.07. The molecular weight excluding hydrogens is 380 g/mol. The number of esters is 1. The maximum absolute atomic E-state index is 12.1. The molecule has 2 rings (SSSR count). The van der Waals surface area contributed by atoms with Crippen molar-refractivity contribution >= 4 is 33.2 Å². The van der Waals surface area contributed by atoms with E-state index in [1.165, 1.54) is 12.1 Å². The van der Waals surface area contributed by atoms with Crippen LogP contribution in [0.2, 0.25) is 5.02 Å². The molecule has 0 heterocycles. The average molecular weight is 397 g/mol. The Kier molecular flexibility index (Phi) is 6.39. The van der Waals surface area contributed by atoms with Gasteiger partial charge in [0.1, 0.15) is 5.75 Å². The van der Waals surface area contributed by atoms with E-state index in [4.69, 9.17) is 21.1 Å². The lowest BCUT2D eigenvalue weighted by Gasteiger charge is -2.08. The van der Waals surface area contributed by atoms with Crippen LogP contribution >= 0.6 is 11.6 Å². The molecule has 0 aliphatic heterocycles. The van der Waals surface area contributed by atoms with Crippen molar-refractivity contribution in [3.8, 4) is 5.75 Å². The third-order valence-electron chi connectivity index (χ3n) is 3.41. The van der Waals surface area contributed by atoms with Gasteiger partial charge in [0.05, 0.1) is 22.1 Å². The predicted octanol–water partition coefficient (Wildman–Crippen LogP) is 3.18. The second kappa shape index (κ2) is 8.33. The summed E-state index contributed by atoms with van der Waals surface area (Å²) in [5.41, 5.74) is 0.242. The zero-order chi connectivity index (χ0) is 19.3. The van der Waals surface area contributed by atoms with Crippen molar-refractivity contribution in [2.24, 2.45) is 0 Å². The van der Waals surface area contributed by atoms with Gasteiger partial charge in [-0.15, -0.1) is 0 Å². The molecule has 0 aromatic heterocycles. The molecule has 0 fully saturated rings. The molecule has 0 aliphatic carbocycles. The van der Waals surface area contributed by atoms with E-state index in [0.717, 1.165) is 12.3 Å².